The smallest absolute Gasteiger partial charge is 0.251 e. The minimum atomic E-state index is -0.00215. The molecule has 23 heavy (non-hydrogen) atoms. The standard InChI is InChI=1S/C19H22N2O2/c1-2-15-5-3-4-6-17(15)19(22)21-18-13-23-12-16(18)11-14-7-9-20-10-8-14/h3-10,16,18H,2,11-13H2,1H3,(H,21,22)/t16-,18-/m1/s1. The van der Waals surface area contributed by atoms with E-state index in [1.165, 1.54) is 5.56 Å². The van der Waals surface area contributed by atoms with Crippen molar-refractivity contribution in [3.05, 3.63) is 65.5 Å². The molecule has 4 heteroatoms. The van der Waals surface area contributed by atoms with E-state index in [1.807, 2.05) is 36.4 Å². The fourth-order valence-corrected chi connectivity index (χ4v) is 3.08. The monoisotopic (exact) mass is 310 g/mol. The lowest BCUT2D eigenvalue weighted by Gasteiger charge is -2.20. The third kappa shape index (κ3) is 3.77. The Hall–Kier alpha value is -2.20. The topological polar surface area (TPSA) is 51.2 Å². The Balaban J connectivity index is 1.67. The van der Waals surface area contributed by atoms with Crippen LogP contribution in [0.2, 0.25) is 0 Å². The van der Waals surface area contributed by atoms with Gasteiger partial charge in [-0.05, 0) is 42.2 Å². The molecule has 4 nitrogen and oxygen atoms in total. The number of amides is 1. The number of hydrogen-bond donors (Lipinski definition) is 1. The molecule has 1 aliphatic heterocycles. The molecule has 0 radical (unpaired) electrons. The SMILES string of the molecule is CCc1ccccc1C(=O)N[C@@H]1COC[C@H]1Cc1ccncc1. The number of pyridine rings is 1. The van der Waals surface area contributed by atoms with Crippen LogP contribution in [0.15, 0.2) is 48.8 Å². The van der Waals surface area contributed by atoms with E-state index in [4.69, 9.17) is 4.74 Å². The van der Waals surface area contributed by atoms with Crippen molar-refractivity contribution in [3.8, 4) is 0 Å². The maximum Gasteiger partial charge on any atom is 0.251 e. The highest BCUT2D eigenvalue weighted by molar-refractivity contribution is 5.95. The van der Waals surface area contributed by atoms with Crippen molar-refractivity contribution in [1.29, 1.82) is 0 Å². The van der Waals surface area contributed by atoms with Crippen molar-refractivity contribution in [1.82, 2.24) is 10.3 Å². The van der Waals surface area contributed by atoms with Gasteiger partial charge >= 0.3 is 0 Å². The lowest BCUT2D eigenvalue weighted by molar-refractivity contribution is 0.0924. The Morgan fingerprint density at radius 1 is 1.22 bits per heavy atom. The van der Waals surface area contributed by atoms with E-state index < -0.39 is 0 Å². The highest BCUT2D eigenvalue weighted by atomic mass is 16.5. The molecule has 1 N–H and O–H groups in total. The van der Waals surface area contributed by atoms with Crippen LogP contribution in [0.1, 0.15) is 28.4 Å². The van der Waals surface area contributed by atoms with Gasteiger partial charge < -0.3 is 10.1 Å². The first-order valence-corrected chi connectivity index (χ1v) is 8.13. The van der Waals surface area contributed by atoms with Crippen LogP contribution in [0.4, 0.5) is 0 Å². The van der Waals surface area contributed by atoms with Crippen molar-refractivity contribution < 1.29 is 9.53 Å². The molecular formula is C19H22N2O2. The van der Waals surface area contributed by atoms with Gasteiger partial charge in [-0.2, -0.15) is 0 Å². The molecule has 2 aromatic rings. The number of ether oxygens (including phenoxy) is 1. The number of aromatic nitrogens is 1. The second-order valence-corrected chi connectivity index (χ2v) is 5.95. The predicted octanol–water partition coefficient (Wildman–Crippen LogP) is 2.63. The zero-order chi connectivity index (χ0) is 16.1. The Morgan fingerprint density at radius 3 is 2.78 bits per heavy atom. The van der Waals surface area contributed by atoms with E-state index in [0.717, 1.165) is 24.0 Å². The molecule has 2 heterocycles. The fourth-order valence-electron chi connectivity index (χ4n) is 3.08. The van der Waals surface area contributed by atoms with Gasteiger partial charge in [-0.15, -0.1) is 0 Å². The van der Waals surface area contributed by atoms with Gasteiger partial charge in [-0.25, -0.2) is 0 Å². The number of benzene rings is 1. The number of carbonyl (C=O) groups excluding carboxylic acids is 1. The number of hydrogen-bond acceptors (Lipinski definition) is 3. The number of aryl methyl sites for hydroxylation is 1. The molecule has 0 bridgehead atoms. The molecule has 1 fully saturated rings. The van der Waals surface area contributed by atoms with Crippen LogP contribution in [0.25, 0.3) is 0 Å². The molecule has 0 unspecified atom stereocenters. The van der Waals surface area contributed by atoms with Gasteiger partial charge in [0.25, 0.3) is 5.91 Å². The summed E-state index contributed by atoms with van der Waals surface area (Å²) in [6.45, 7) is 3.33. The van der Waals surface area contributed by atoms with E-state index in [1.54, 1.807) is 12.4 Å². The van der Waals surface area contributed by atoms with Crippen LogP contribution in [0.3, 0.4) is 0 Å². The fraction of sp³-hybridized carbons (Fsp3) is 0.368. The molecule has 1 amide bonds. The van der Waals surface area contributed by atoms with E-state index in [9.17, 15) is 4.79 Å². The summed E-state index contributed by atoms with van der Waals surface area (Å²) in [5.74, 6) is 0.299. The summed E-state index contributed by atoms with van der Waals surface area (Å²) in [6, 6.07) is 11.9. The van der Waals surface area contributed by atoms with E-state index in [-0.39, 0.29) is 11.9 Å². The minimum absolute atomic E-state index is 0.00215. The molecule has 1 aromatic heterocycles. The second-order valence-electron chi connectivity index (χ2n) is 5.95. The van der Waals surface area contributed by atoms with Gasteiger partial charge in [0, 0.05) is 23.9 Å². The summed E-state index contributed by atoms with van der Waals surface area (Å²) in [7, 11) is 0. The molecule has 0 aliphatic carbocycles. The molecule has 1 saturated heterocycles. The van der Waals surface area contributed by atoms with Crippen molar-refractivity contribution in [2.24, 2.45) is 5.92 Å². The zero-order valence-corrected chi connectivity index (χ0v) is 13.4. The number of nitrogens with one attached hydrogen (secondary N) is 1. The molecule has 1 aliphatic rings. The van der Waals surface area contributed by atoms with Crippen molar-refractivity contribution in [3.63, 3.8) is 0 Å². The lowest BCUT2D eigenvalue weighted by Crippen LogP contribution is -2.40. The lowest BCUT2D eigenvalue weighted by atomic mass is 9.95. The Bertz CT molecular complexity index is 657. The quantitative estimate of drug-likeness (QED) is 0.923. The maximum atomic E-state index is 12.6. The average molecular weight is 310 g/mol. The van der Waals surface area contributed by atoms with Crippen LogP contribution in [0, 0.1) is 5.92 Å². The van der Waals surface area contributed by atoms with Gasteiger partial charge in [0.05, 0.1) is 19.3 Å². The molecular weight excluding hydrogens is 288 g/mol. The third-order valence-corrected chi connectivity index (χ3v) is 4.41. The molecule has 1 aromatic carbocycles. The highest BCUT2D eigenvalue weighted by Gasteiger charge is 2.30. The summed E-state index contributed by atoms with van der Waals surface area (Å²) in [5.41, 5.74) is 3.07. The first-order chi connectivity index (χ1) is 11.3. The van der Waals surface area contributed by atoms with Crippen LogP contribution in [-0.4, -0.2) is 30.1 Å². The summed E-state index contributed by atoms with van der Waals surface area (Å²) >= 11 is 0. The van der Waals surface area contributed by atoms with Crippen LogP contribution < -0.4 is 5.32 Å². The van der Waals surface area contributed by atoms with E-state index >= 15 is 0 Å². The zero-order valence-electron chi connectivity index (χ0n) is 13.4. The van der Waals surface area contributed by atoms with Crippen molar-refractivity contribution in [2.45, 2.75) is 25.8 Å². The summed E-state index contributed by atoms with van der Waals surface area (Å²) in [5, 5.41) is 3.16. The Kier molecular flexibility index (Phi) is 5.03. The second kappa shape index (κ2) is 7.38. The average Bonchev–Trinajstić information content (AvgIpc) is 3.02. The molecule has 2 atom stereocenters. The molecule has 0 spiro atoms. The van der Waals surface area contributed by atoms with Gasteiger partial charge in [0.15, 0.2) is 0 Å². The highest BCUT2D eigenvalue weighted by Crippen LogP contribution is 2.20. The first kappa shape index (κ1) is 15.7. The maximum absolute atomic E-state index is 12.6. The number of rotatable bonds is 5. The largest absolute Gasteiger partial charge is 0.379 e. The van der Waals surface area contributed by atoms with Crippen LogP contribution in [-0.2, 0) is 17.6 Å². The summed E-state index contributed by atoms with van der Waals surface area (Å²) < 4.78 is 5.60. The summed E-state index contributed by atoms with van der Waals surface area (Å²) in [6.07, 6.45) is 5.35. The number of carbonyl (C=O) groups is 1. The third-order valence-electron chi connectivity index (χ3n) is 4.41. The van der Waals surface area contributed by atoms with Crippen LogP contribution in [0.5, 0.6) is 0 Å². The molecule has 3 rings (SSSR count). The van der Waals surface area contributed by atoms with Crippen molar-refractivity contribution >= 4 is 5.91 Å². The van der Waals surface area contributed by atoms with Crippen LogP contribution >= 0.6 is 0 Å². The Labute approximate surface area is 136 Å². The van der Waals surface area contributed by atoms with Gasteiger partial charge in [-0.3, -0.25) is 9.78 Å². The first-order valence-electron chi connectivity index (χ1n) is 8.13. The summed E-state index contributed by atoms with van der Waals surface area (Å²) in [4.78, 5) is 16.6. The molecule has 120 valence electrons. The van der Waals surface area contributed by atoms with Gasteiger partial charge in [-0.1, -0.05) is 25.1 Å². The Morgan fingerprint density at radius 2 is 2.00 bits per heavy atom. The number of nitrogens with zero attached hydrogens (tertiary/aromatic N) is 1. The normalized spacial score (nSPS) is 20.4. The molecule has 0 saturated carbocycles. The van der Waals surface area contributed by atoms with E-state index in [2.05, 4.69) is 17.2 Å². The minimum Gasteiger partial charge on any atom is -0.379 e. The predicted molar refractivity (Wildman–Crippen MR) is 89.3 cm³/mol. The van der Waals surface area contributed by atoms with Gasteiger partial charge in [0.2, 0.25) is 0 Å². The van der Waals surface area contributed by atoms with Crippen molar-refractivity contribution in [2.75, 3.05) is 13.2 Å². The van der Waals surface area contributed by atoms with Gasteiger partial charge in [0.1, 0.15) is 0 Å². The van der Waals surface area contributed by atoms with E-state index in [0.29, 0.717) is 19.1 Å².